The van der Waals surface area contributed by atoms with E-state index in [4.69, 9.17) is 5.53 Å². The zero-order chi connectivity index (χ0) is 18.5. The molecule has 0 aromatic heterocycles. The second-order valence-electron chi connectivity index (χ2n) is 6.83. The molecule has 0 unspecified atom stereocenters. The summed E-state index contributed by atoms with van der Waals surface area (Å²) in [4.78, 5) is 14.6. The molecule has 1 aromatic rings. The number of rotatable bonds is 8. The van der Waals surface area contributed by atoms with Crippen LogP contribution in [-0.2, 0) is 0 Å². The summed E-state index contributed by atoms with van der Waals surface area (Å²) in [6.45, 7) is 1.73. The van der Waals surface area contributed by atoms with E-state index in [-0.39, 0.29) is 18.1 Å². The van der Waals surface area contributed by atoms with Gasteiger partial charge in [-0.3, -0.25) is 0 Å². The van der Waals surface area contributed by atoms with E-state index in [1.165, 1.54) is 0 Å². The summed E-state index contributed by atoms with van der Waals surface area (Å²) in [7, 11) is 0. The minimum atomic E-state index is -0.617. The number of unbranched alkanes of at least 4 members (excludes halogenated alkanes) is 1. The number of nitrogens with zero attached hydrogens (tertiary/aromatic N) is 2. The third-order valence-electron chi connectivity index (χ3n) is 4.92. The molecule has 0 radical (unpaired) electrons. The van der Waals surface area contributed by atoms with Crippen molar-refractivity contribution >= 4 is 29.2 Å². The minimum Gasteiger partial charge on any atom is -0.374 e. The van der Waals surface area contributed by atoms with E-state index in [1.807, 2.05) is 36.0 Å². The molecular weight excluding hydrogens is 350 g/mol. The molecule has 2 saturated heterocycles. The van der Waals surface area contributed by atoms with Crippen molar-refractivity contribution in [1.29, 1.82) is 0 Å². The molecule has 0 saturated carbocycles. The van der Waals surface area contributed by atoms with Crippen LogP contribution in [0.1, 0.15) is 38.2 Å². The summed E-state index contributed by atoms with van der Waals surface area (Å²) in [5.74, 6) is 0.977. The molecule has 3 rings (SSSR count). The van der Waals surface area contributed by atoms with E-state index >= 15 is 0 Å². The number of anilines is 1. The van der Waals surface area contributed by atoms with Crippen LogP contribution in [0, 0.1) is 0 Å². The van der Waals surface area contributed by atoms with E-state index in [9.17, 15) is 9.90 Å². The molecule has 26 heavy (non-hydrogen) atoms. The van der Waals surface area contributed by atoms with Gasteiger partial charge in [0.2, 0.25) is 0 Å². The monoisotopic (exact) mass is 375 g/mol. The topological polar surface area (TPSA) is 110 Å². The lowest BCUT2D eigenvalue weighted by Gasteiger charge is -2.18. The molecule has 2 amide bonds. The Hall–Kier alpha value is -2.02. The molecule has 2 fully saturated rings. The van der Waals surface area contributed by atoms with Gasteiger partial charge in [0, 0.05) is 23.6 Å². The largest absolute Gasteiger partial charge is 0.374 e. The highest BCUT2D eigenvalue weighted by Crippen LogP contribution is 2.33. The predicted molar refractivity (Wildman–Crippen MR) is 103 cm³/mol. The van der Waals surface area contributed by atoms with Crippen LogP contribution in [0.3, 0.4) is 0 Å². The van der Waals surface area contributed by atoms with Crippen molar-refractivity contribution in [2.75, 3.05) is 11.1 Å². The van der Waals surface area contributed by atoms with Crippen molar-refractivity contribution in [3.05, 3.63) is 35.4 Å². The van der Waals surface area contributed by atoms with Crippen molar-refractivity contribution in [2.24, 2.45) is 0 Å². The van der Waals surface area contributed by atoms with Gasteiger partial charge >= 0.3 is 6.03 Å². The Kier molecular flexibility index (Phi) is 6.19. The lowest BCUT2D eigenvalue weighted by molar-refractivity contribution is -0.00460. The molecule has 0 bridgehead atoms. The summed E-state index contributed by atoms with van der Waals surface area (Å²) in [5.41, 5.74) is 11.0. The van der Waals surface area contributed by atoms with Crippen molar-refractivity contribution in [1.82, 2.24) is 10.6 Å². The number of carbonyl (C=O) groups excluding carboxylic acids is 1. The highest BCUT2D eigenvalue weighted by Gasteiger charge is 2.42. The van der Waals surface area contributed by atoms with Crippen LogP contribution < -0.4 is 16.0 Å². The standard InChI is InChI=1S/C18H25N5O2S/c1-11(23-19)12-5-4-6-13(9-12)20-16(24)8-3-2-7-15-17-14(10-26-15)21-18(25)22-17/h4-6,9,14-17,20,24H,2-3,7-8,10H2,1H3,(H2,21,22,25)/t14-,15-,16-,17-/m0/s1. The van der Waals surface area contributed by atoms with E-state index in [1.54, 1.807) is 6.92 Å². The van der Waals surface area contributed by atoms with Gasteiger partial charge in [0.1, 0.15) is 6.23 Å². The van der Waals surface area contributed by atoms with E-state index in [0.29, 0.717) is 17.4 Å². The van der Waals surface area contributed by atoms with Gasteiger partial charge in [-0.25, -0.2) is 4.79 Å². The van der Waals surface area contributed by atoms with Crippen molar-refractivity contribution in [3.63, 3.8) is 0 Å². The quantitative estimate of drug-likeness (QED) is 0.139. The fourth-order valence-corrected chi connectivity index (χ4v) is 5.03. The number of aliphatic hydroxyl groups is 1. The van der Waals surface area contributed by atoms with Crippen LogP contribution in [0.2, 0.25) is 0 Å². The van der Waals surface area contributed by atoms with Crippen LogP contribution in [0.4, 0.5) is 10.5 Å². The Morgan fingerprint density at radius 1 is 1.46 bits per heavy atom. The lowest BCUT2D eigenvalue weighted by atomic mass is 10.0. The number of nitrogens with one attached hydrogen (secondary N) is 3. The first kappa shape index (κ1) is 18.8. The number of carbonyl (C=O) groups is 1. The molecule has 0 aliphatic carbocycles. The first-order valence-corrected chi connectivity index (χ1v) is 10.0. The number of urea groups is 1. The molecule has 1 aromatic carbocycles. The zero-order valence-corrected chi connectivity index (χ0v) is 15.6. The Bertz CT molecular complexity index is 707. The predicted octanol–water partition coefficient (Wildman–Crippen LogP) is 2.18. The van der Waals surface area contributed by atoms with Gasteiger partial charge in [-0.1, -0.05) is 12.5 Å². The van der Waals surface area contributed by atoms with Gasteiger partial charge < -0.3 is 26.6 Å². The van der Waals surface area contributed by atoms with Gasteiger partial charge in [-0.2, -0.15) is 16.6 Å². The molecule has 8 heteroatoms. The van der Waals surface area contributed by atoms with Gasteiger partial charge in [0.25, 0.3) is 5.71 Å². The summed E-state index contributed by atoms with van der Waals surface area (Å²) >= 11 is 1.92. The van der Waals surface area contributed by atoms with Crippen LogP contribution in [-0.4, -0.2) is 51.0 Å². The van der Waals surface area contributed by atoms with E-state index < -0.39 is 6.23 Å². The molecule has 2 heterocycles. The highest BCUT2D eigenvalue weighted by molar-refractivity contribution is 8.00. The molecule has 2 aliphatic rings. The zero-order valence-electron chi connectivity index (χ0n) is 14.8. The SMILES string of the molecule is CC(=[N+]=[N-])c1cccc(N[C@@H](O)CCCC[C@@H]2SC[C@@H]3NC(=O)N[C@@H]32)c1. The lowest BCUT2D eigenvalue weighted by Crippen LogP contribution is -2.36. The Morgan fingerprint density at radius 3 is 3.12 bits per heavy atom. The number of aliphatic hydroxyl groups excluding tert-OH is 1. The van der Waals surface area contributed by atoms with Crippen molar-refractivity contribution < 1.29 is 14.7 Å². The van der Waals surface area contributed by atoms with Crippen molar-refractivity contribution in [2.45, 2.75) is 56.2 Å². The maximum Gasteiger partial charge on any atom is 0.315 e. The second-order valence-corrected chi connectivity index (χ2v) is 8.10. The van der Waals surface area contributed by atoms with Crippen molar-refractivity contribution in [3.8, 4) is 0 Å². The van der Waals surface area contributed by atoms with Crippen LogP contribution >= 0.6 is 11.8 Å². The molecule has 0 spiro atoms. The number of benzene rings is 1. The van der Waals surface area contributed by atoms with E-state index in [0.717, 1.165) is 36.3 Å². The molecule has 7 nitrogen and oxygen atoms in total. The fourth-order valence-electron chi connectivity index (χ4n) is 3.48. The Balaban J connectivity index is 1.39. The minimum absolute atomic E-state index is 0.0476. The number of thioether (sulfide) groups is 1. The van der Waals surface area contributed by atoms with Gasteiger partial charge in [-0.15, -0.1) is 0 Å². The number of amides is 2. The number of hydrogen-bond donors (Lipinski definition) is 4. The fraction of sp³-hybridized carbons (Fsp3) is 0.556. The third-order valence-corrected chi connectivity index (χ3v) is 6.43. The van der Waals surface area contributed by atoms with Crippen LogP contribution in [0.15, 0.2) is 24.3 Å². The summed E-state index contributed by atoms with van der Waals surface area (Å²) in [6.07, 6.45) is 3.02. The Labute approximate surface area is 157 Å². The molecular formula is C18H25N5O2S. The van der Waals surface area contributed by atoms with Gasteiger partial charge in [-0.05, 0) is 37.5 Å². The first-order valence-electron chi connectivity index (χ1n) is 8.99. The van der Waals surface area contributed by atoms with Crippen LogP contribution in [0.5, 0.6) is 0 Å². The molecule has 4 atom stereocenters. The molecule has 140 valence electrons. The summed E-state index contributed by atoms with van der Waals surface area (Å²) < 4.78 is 0. The summed E-state index contributed by atoms with van der Waals surface area (Å²) in [5, 5.41) is 19.7. The first-order chi connectivity index (χ1) is 12.6. The van der Waals surface area contributed by atoms with E-state index in [2.05, 4.69) is 20.7 Å². The maximum atomic E-state index is 11.4. The van der Waals surface area contributed by atoms with Gasteiger partial charge in [0.05, 0.1) is 17.6 Å². The van der Waals surface area contributed by atoms with Crippen LogP contribution in [0.25, 0.3) is 5.53 Å². The highest BCUT2D eigenvalue weighted by atomic mass is 32.2. The average Bonchev–Trinajstić information content (AvgIpc) is 3.17. The Morgan fingerprint density at radius 2 is 2.31 bits per heavy atom. The van der Waals surface area contributed by atoms with Gasteiger partial charge in [0.15, 0.2) is 0 Å². The molecule has 2 aliphatic heterocycles. The molecule has 4 N–H and O–H groups in total. The maximum absolute atomic E-state index is 11.4. The summed E-state index contributed by atoms with van der Waals surface area (Å²) in [6, 6.07) is 7.91. The smallest absolute Gasteiger partial charge is 0.315 e. The average molecular weight is 375 g/mol. The second kappa shape index (κ2) is 8.58. The number of fused-ring (bicyclic) bond motifs is 1. The third kappa shape index (κ3) is 4.58. The number of hydrogen-bond acceptors (Lipinski definition) is 4. The normalized spacial score (nSPS) is 25.0.